The Morgan fingerprint density at radius 1 is 0.375 bits per heavy atom. The van der Waals surface area contributed by atoms with Crippen molar-refractivity contribution in [2.75, 3.05) is 26.4 Å². The number of hydrogen-bond donors (Lipinski definition) is 2. The lowest BCUT2D eigenvalue weighted by molar-refractivity contribution is -0.161. The van der Waals surface area contributed by atoms with E-state index in [9.17, 15) is 19.0 Å². The van der Waals surface area contributed by atoms with Crippen molar-refractivity contribution in [3.8, 4) is 0 Å². The number of phosphoric acid groups is 1. The molecule has 2 atom stereocenters. The Balaban J connectivity index is 3.84. The lowest BCUT2D eigenvalue weighted by Crippen LogP contribution is -2.29. The van der Waals surface area contributed by atoms with Crippen LogP contribution in [0.25, 0.3) is 0 Å². The van der Waals surface area contributed by atoms with Crippen LogP contribution >= 0.6 is 7.82 Å². The molecular formula is C70H134NO8P. The summed E-state index contributed by atoms with van der Waals surface area (Å²) in [6, 6.07) is 0. The van der Waals surface area contributed by atoms with E-state index in [1.807, 2.05) is 0 Å². The van der Waals surface area contributed by atoms with Crippen molar-refractivity contribution in [1.29, 1.82) is 0 Å². The van der Waals surface area contributed by atoms with Crippen molar-refractivity contribution in [1.82, 2.24) is 0 Å². The van der Waals surface area contributed by atoms with Gasteiger partial charge in [-0.05, 0) is 51.4 Å². The van der Waals surface area contributed by atoms with Crippen molar-refractivity contribution in [2.45, 2.75) is 373 Å². The number of nitrogens with two attached hydrogens (primary N) is 1. The standard InChI is InChI=1S/C70H134NO8P/c1-3-5-7-9-11-13-15-17-19-21-23-25-27-29-31-33-35-36-38-40-42-44-46-48-50-52-54-56-58-60-62-69(72)76-66-68(67-78-80(74,75)77-65-64-71)79-70(73)63-61-59-57-55-53-51-49-47-45-43-41-39-37-34-32-30-28-26-24-22-20-18-16-14-12-10-8-6-4-2/h16,18,22,24,28,30,68H,3-15,17,19-21,23,25-27,29,31-67,71H2,1-2H3,(H,74,75)/b18-16-,24-22-,30-28-. The zero-order valence-electron chi connectivity index (χ0n) is 53.1. The van der Waals surface area contributed by atoms with Gasteiger partial charge in [-0.3, -0.25) is 18.6 Å². The molecule has 0 fully saturated rings. The summed E-state index contributed by atoms with van der Waals surface area (Å²) in [5, 5.41) is 0. The van der Waals surface area contributed by atoms with Crippen LogP contribution in [0, 0.1) is 0 Å². The molecule has 10 heteroatoms. The monoisotopic (exact) mass is 1150 g/mol. The molecule has 472 valence electrons. The van der Waals surface area contributed by atoms with E-state index in [0.717, 1.165) is 51.4 Å². The number of carbonyl (C=O) groups excluding carboxylic acids is 2. The summed E-state index contributed by atoms with van der Waals surface area (Å²) in [4.78, 5) is 35.3. The third kappa shape index (κ3) is 65.4. The van der Waals surface area contributed by atoms with E-state index in [4.69, 9.17) is 24.3 Å². The lowest BCUT2D eigenvalue weighted by Gasteiger charge is -2.19. The third-order valence-corrected chi connectivity index (χ3v) is 16.8. The number of allylic oxidation sites excluding steroid dienone is 6. The number of phosphoric ester groups is 1. The van der Waals surface area contributed by atoms with Crippen LogP contribution in [0.2, 0.25) is 0 Å². The van der Waals surface area contributed by atoms with Crippen LogP contribution in [0.1, 0.15) is 367 Å². The summed E-state index contributed by atoms with van der Waals surface area (Å²) < 4.78 is 33.2. The molecule has 0 rings (SSSR count). The minimum Gasteiger partial charge on any atom is -0.462 e. The highest BCUT2D eigenvalue weighted by atomic mass is 31.2. The van der Waals surface area contributed by atoms with E-state index in [2.05, 4.69) is 50.3 Å². The fourth-order valence-corrected chi connectivity index (χ4v) is 11.4. The Kier molecular flexibility index (Phi) is 64.9. The van der Waals surface area contributed by atoms with Gasteiger partial charge in [0.1, 0.15) is 6.61 Å². The maximum absolute atomic E-state index is 12.8. The van der Waals surface area contributed by atoms with Gasteiger partial charge in [0.05, 0.1) is 13.2 Å². The quantitative estimate of drug-likeness (QED) is 0.0264. The van der Waals surface area contributed by atoms with E-state index in [-0.39, 0.29) is 38.6 Å². The fourth-order valence-electron chi connectivity index (χ4n) is 10.6. The molecule has 0 saturated carbocycles. The average molecular weight is 1150 g/mol. The number of ether oxygens (including phenoxy) is 2. The van der Waals surface area contributed by atoms with Gasteiger partial charge in [-0.1, -0.05) is 339 Å². The smallest absolute Gasteiger partial charge is 0.462 e. The highest BCUT2D eigenvalue weighted by molar-refractivity contribution is 7.47. The Labute approximate surface area is 496 Å². The van der Waals surface area contributed by atoms with E-state index in [1.165, 1.54) is 283 Å². The zero-order valence-corrected chi connectivity index (χ0v) is 54.0. The van der Waals surface area contributed by atoms with E-state index in [1.54, 1.807) is 0 Å². The van der Waals surface area contributed by atoms with Gasteiger partial charge in [0.25, 0.3) is 0 Å². The van der Waals surface area contributed by atoms with Crippen LogP contribution in [0.5, 0.6) is 0 Å². The highest BCUT2D eigenvalue weighted by Gasteiger charge is 2.26. The summed E-state index contributed by atoms with van der Waals surface area (Å²) in [5.74, 6) is -0.807. The third-order valence-electron chi connectivity index (χ3n) is 15.8. The van der Waals surface area contributed by atoms with Gasteiger partial charge in [-0.15, -0.1) is 0 Å². The molecule has 0 aliphatic heterocycles. The van der Waals surface area contributed by atoms with Gasteiger partial charge in [-0.25, -0.2) is 4.57 Å². The number of rotatable bonds is 67. The Morgan fingerprint density at radius 2 is 0.650 bits per heavy atom. The molecule has 0 aliphatic carbocycles. The summed E-state index contributed by atoms with van der Waals surface area (Å²) in [5.41, 5.74) is 5.40. The maximum Gasteiger partial charge on any atom is 0.472 e. The Bertz CT molecular complexity index is 1400. The average Bonchev–Trinajstić information content (AvgIpc) is 3.45. The van der Waals surface area contributed by atoms with Gasteiger partial charge in [0.15, 0.2) is 6.10 Å². The molecule has 0 aliphatic rings. The van der Waals surface area contributed by atoms with Gasteiger partial charge in [0, 0.05) is 19.4 Å². The fraction of sp³-hybridized carbons (Fsp3) is 0.886. The second-order valence-electron chi connectivity index (χ2n) is 23.8. The first-order valence-corrected chi connectivity index (χ1v) is 36.5. The molecule has 0 spiro atoms. The Morgan fingerprint density at radius 3 is 0.963 bits per heavy atom. The molecule has 0 aromatic rings. The van der Waals surface area contributed by atoms with Crippen molar-refractivity contribution < 1.29 is 37.6 Å². The summed E-state index contributed by atoms with van der Waals surface area (Å²) in [7, 11) is -4.39. The first kappa shape index (κ1) is 78.2. The largest absolute Gasteiger partial charge is 0.472 e. The summed E-state index contributed by atoms with van der Waals surface area (Å²) in [6.07, 6.45) is 82.4. The first-order valence-electron chi connectivity index (χ1n) is 35.0. The molecular weight excluding hydrogens is 1010 g/mol. The second-order valence-corrected chi connectivity index (χ2v) is 25.2. The molecule has 0 amide bonds. The number of esters is 2. The lowest BCUT2D eigenvalue weighted by atomic mass is 10.0. The maximum atomic E-state index is 12.8. The molecule has 0 aromatic heterocycles. The molecule has 3 N–H and O–H groups in total. The molecule has 0 saturated heterocycles. The SMILES string of the molecule is CCCCCCC/C=C\C/C=C\C/C=C\CCCCCCCCCCCCCCCCC(=O)OC(COC(=O)CCCCCCCCCCCCCCCCCCCCCCCCCCCCCCCC)COP(=O)(O)OCCN. The van der Waals surface area contributed by atoms with Crippen LogP contribution in [-0.4, -0.2) is 49.3 Å². The number of hydrogen-bond acceptors (Lipinski definition) is 8. The highest BCUT2D eigenvalue weighted by Crippen LogP contribution is 2.43. The van der Waals surface area contributed by atoms with Crippen LogP contribution in [-0.2, 0) is 32.7 Å². The van der Waals surface area contributed by atoms with Gasteiger partial charge in [-0.2, -0.15) is 0 Å². The number of unbranched alkanes of at least 4 members (excludes halogenated alkanes) is 48. The predicted molar refractivity (Wildman–Crippen MR) is 344 cm³/mol. The van der Waals surface area contributed by atoms with Crippen molar-refractivity contribution >= 4 is 19.8 Å². The molecule has 0 radical (unpaired) electrons. The number of carbonyl (C=O) groups is 2. The summed E-state index contributed by atoms with van der Waals surface area (Å²) >= 11 is 0. The van der Waals surface area contributed by atoms with E-state index in [0.29, 0.717) is 6.42 Å². The van der Waals surface area contributed by atoms with Crippen LogP contribution < -0.4 is 5.73 Å². The normalized spacial score (nSPS) is 13.1. The van der Waals surface area contributed by atoms with Gasteiger partial charge in [0.2, 0.25) is 0 Å². The summed E-state index contributed by atoms with van der Waals surface area (Å²) in [6.45, 7) is 3.81. The predicted octanol–water partition coefficient (Wildman–Crippen LogP) is 22.7. The van der Waals surface area contributed by atoms with Crippen molar-refractivity contribution in [3.63, 3.8) is 0 Å². The molecule has 80 heavy (non-hydrogen) atoms. The van der Waals surface area contributed by atoms with Crippen LogP contribution in [0.4, 0.5) is 0 Å². The molecule has 0 heterocycles. The van der Waals surface area contributed by atoms with Gasteiger partial charge >= 0.3 is 19.8 Å². The van der Waals surface area contributed by atoms with E-state index >= 15 is 0 Å². The topological polar surface area (TPSA) is 134 Å². The van der Waals surface area contributed by atoms with Crippen molar-refractivity contribution in [2.24, 2.45) is 5.73 Å². The van der Waals surface area contributed by atoms with Crippen LogP contribution in [0.3, 0.4) is 0 Å². The second kappa shape index (κ2) is 66.4. The zero-order chi connectivity index (χ0) is 58.0. The van der Waals surface area contributed by atoms with Crippen LogP contribution in [0.15, 0.2) is 36.5 Å². The molecule has 2 unspecified atom stereocenters. The van der Waals surface area contributed by atoms with Crippen molar-refractivity contribution in [3.05, 3.63) is 36.5 Å². The Hall–Kier alpha value is -1.77. The first-order chi connectivity index (χ1) is 39.3. The minimum atomic E-state index is -4.39. The molecule has 0 bridgehead atoms. The molecule has 9 nitrogen and oxygen atoms in total. The van der Waals surface area contributed by atoms with E-state index < -0.39 is 26.5 Å². The van der Waals surface area contributed by atoms with Gasteiger partial charge < -0.3 is 20.1 Å². The minimum absolute atomic E-state index is 0.0553. The molecule has 0 aromatic carbocycles.